The Morgan fingerprint density at radius 3 is 2.56 bits per heavy atom. The largest absolute Gasteiger partial charge is 0.369 e. The van der Waals surface area contributed by atoms with Gasteiger partial charge < -0.3 is 5.73 Å². The molecule has 3 aliphatic rings. The Balaban J connectivity index is 1.45. The van der Waals surface area contributed by atoms with Gasteiger partial charge in [0.1, 0.15) is 0 Å². The molecule has 3 atom stereocenters. The lowest BCUT2D eigenvalue weighted by atomic mass is 9.85. The number of aromatic nitrogens is 1. The lowest BCUT2D eigenvalue weighted by Crippen LogP contribution is -2.56. The molecule has 2 fully saturated rings. The number of amides is 1. The molecular formula is C25H29ClN4O3S. The van der Waals surface area contributed by atoms with E-state index in [2.05, 4.69) is 11.1 Å². The Hall–Kier alpha value is -2.45. The third-order valence-electron chi connectivity index (χ3n) is 7.36. The van der Waals surface area contributed by atoms with Crippen LogP contribution >= 0.6 is 11.6 Å². The summed E-state index contributed by atoms with van der Waals surface area (Å²) < 4.78 is 24.2. The number of hydrogen-bond donors (Lipinski definition) is 1. The maximum absolute atomic E-state index is 13.3. The number of aliphatic imine (C=N–C) groups is 1. The van der Waals surface area contributed by atoms with Gasteiger partial charge in [0.05, 0.1) is 28.0 Å². The van der Waals surface area contributed by atoms with E-state index in [9.17, 15) is 13.2 Å². The molecule has 0 spiro atoms. The molecule has 3 heterocycles. The van der Waals surface area contributed by atoms with Crippen LogP contribution in [0.15, 0.2) is 41.5 Å². The molecule has 1 aromatic heterocycles. The van der Waals surface area contributed by atoms with Gasteiger partial charge in [-0.05, 0) is 51.2 Å². The fraction of sp³-hybridized carbons (Fsp3) is 0.480. The minimum atomic E-state index is -3.12. The van der Waals surface area contributed by atoms with Crippen molar-refractivity contribution in [2.24, 2.45) is 10.7 Å². The second-order valence-electron chi connectivity index (χ2n) is 9.95. The molecule has 9 heteroatoms. The van der Waals surface area contributed by atoms with E-state index in [1.54, 1.807) is 6.92 Å². The van der Waals surface area contributed by atoms with Crippen LogP contribution in [0.2, 0.25) is 5.02 Å². The zero-order valence-corrected chi connectivity index (χ0v) is 20.9. The van der Waals surface area contributed by atoms with E-state index in [0.29, 0.717) is 23.8 Å². The van der Waals surface area contributed by atoms with Gasteiger partial charge in [0, 0.05) is 35.0 Å². The molecule has 1 amide bonds. The van der Waals surface area contributed by atoms with E-state index in [-0.39, 0.29) is 30.1 Å². The number of benzene rings is 1. The first-order chi connectivity index (χ1) is 16.1. The van der Waals surface area contributed by atoms with Gasteiger partial charge in [0.2, 0.25) is 5.91 Å². The number of nitrogens with zero attached hydrogens (tertiary/aromatic N) is 3. The molecule has 1 saturated heterocycles. The van der Waals surface area contributed by atoms with Gasteiger partial charge in [0.25, 0.3) is 0 Å². The van der Waals surface area contributed by atoms with Crippen LogP contribution in [0.5, 0.6) is 0 Å². The second-order valence-corrected chi connectivity index (χ2v) is 12.9. The van der Waals surface area contributed by atoms with Gasteiger partial charge in [-0.3, -0.25) is 14.7 Å². The first-order valence-corrected chi connectivity index (χ1v) is 13.8. The number of pyridine rings is 1. The van der Waals surface area contributed by atoms with Crippen LogP contribution in [0, 0.1) is 0 Å². The van der Waals surface area contributed by atoms with Gasteiger partial charge in [-0.1, -0.05) is 35.9 Å². The van der Waals surface area contributed by atoms with Crippen LogP contribution in [0.4, 0.5) is 0 Å². The summed E-state index contributed by atoms with van der Waals surface area (Å²) in [5.74, 6) is 0.584. The molecule has 1 saturated carbocycles. The molecular weight excluding hydrogens is 472 g/mol. The first kappa shape index (κ1) is 23.3. The van der Waals surface area contributed by atoms with Crippen molar-refractivity contribution in [3.63, 3.8) is 0 Å². The van der Waals surface area contributed by atoms with E-state index < -0.39 is 20.6 Å². The first-order valence-electron chi connectivity index (χ1n) is 11.7. The van der Waals surface area contributed by atoms with Gasteiger partial charge >= 0.3 is 0 Å². The van der Waals surface area contributed by atoms with E-state index >= 15 is 0 Å². The Morgan fingerprint density at radius 1 is 1.18 bits per heavy atom. The molecule has 1 aromatic carbocycles. The Kier molecular flexibility index (Phi) is 5.72. The van der Waals surface area contributed by atoms with Crippen molar-refractivity contribution in [1.82, 2.24) is 9.88 Å². The predicted molar refractivity (Wildman–Crippen MR) is 133 cm³/mol. The maximum Gasteiger partial charge on any atom is 0.232 e. The average molecular weight is 501 g/mol. The smallest absolute Gasteiger partial charge is 0.232 e. The number of carbonyl (C=O) groups is 1. The van der Waals surface area contributed by atoms with Gasteiger partial charge in [-0.2, -0.15) is 0 Å². The van der Waals surface area contributed by atoms with E-state index in [1.165, 1.54) is 17.7 Å². The summed E-state index contributed by atoms with van der Waals surface area (Å²) >= 11 is 6.88. The monoisotopic (exact) mass is 500 g/mol. The van der Waals surface area contributed by atoms with Gasteiger partial charge in [-0.15, -0.1) is 0 Å². The molecule has 7 nitrogen and oxygen atoms in total. The van der Waals surface area contributed by atoms with Crippen molar-refractivity contribution < 1.29 is 13.2 Å². The quantitative estimate of drug-likeness (QED) is 0.682. The summed E-state index contributed by atoms with van der Waals surface area (Å²) in [4.78, 5) is 24.1. The molecule has 0 radical (unpaired) electrons. The van der Waals surface area contributed by atoms with Crippen molar-refractivity contribution in [3.8, 4) is 11.1 Å². The average Bonchev–Trinajstić information content (AvgIpc) is 3.61. The molecule has 180 valence electrons. The standard InChI is InChI=1S/C25H29ClN4O3S/c1-15-12-18(10-11-34(15,32)33)30-22(31)13-25(2,29-24(30)27)20-5-3-4-19(23(20)26)17-8-9-21(28-14-17)16-6-7-16/h3-5,8-9,14-16,18H,6-7,10-13H2,1-2H3,(H2,27,29)/t15-,18+,25+/m1/s1. The third-order valence-corrected chi connectivity index (χ3v) is 9.99. The molecule has 2 aliphatic heterocycles. The lowest BCUT2D eigenvalue weighted by Gasteiger charge is -2.41. The Labute approximate surface area is 205 Å². The van der Waals surface area contributed by atoms with Crippen molar-refractivity contribution in [2.75, 3.05) is 5.75 Å². The Bertz CT molecular complexity index is 1270. The number of rotatable bonds is 4. The summed E-state index contributed by atoms with van der Waals surface area (Å²) in [5, 5.41) is 0.0207. The molecule has 1 aliphatic carbocycles. The van der Waals surface area contributed by atoms with E-state index in [1.807, 2.05) is 37.4 Å². The summed E-state index contributed by atoms with van der Waals surface area (Å²) in [6.45, 7) is 3.55. The fourth-order valence-electron chi connectivity index (χ4n) is 5.14. The van der Waals surface area contributed by atoms with Crippen LogP contribution in [0.25, 0.3) is 11.1 Å². The number of nitrogens with two attached hydrogens (primary N) is 1. The Morgan fingerprint density at radius 2 is 1.94 bits per heavy atom. The highest BCUT2D eigenvalue weighted by Crippen LogP contribution is 2.43. The third kappa shape index (κ3) is 4.11. The number of halogens is 1. The van der Waals surface area contributed by atoms with Crippen molar-refractivity contribution in [2.45, 2.75) is 68.7 Å². The van der Waals surface area contributed by atoms with E-state index in [4.69, 9.17) is 22.3 Å². The molecule has 2 N–H and O–H groups in total. The number of sulfone groups is 1. The maximum atomic E-state index is 13.3. The van der Waals surface area contributed by atoms with E-state index in [0.717, 1.165) is 22.4 Å². The highest BCUT2D eigenvalue weighted by atomic mass is 35.5. The zero-order valence-electron chi connectivity index (χ0n) is 19.4. The molecule has 34 heavy (non-hydrogen) atoms. The topological polar surface area (TPSA) is 106 Å². The minimum Gasteiger partial charge on any atom is -0.369 e. The summed E-state index contributed by atoms with van der Waals surface area (Å²) in [6.07, 6.45) is 5.08. The highest BCUT2D eigenvalue weighted by molar-refractivity contribution is 7.92. The number of hydrogen-bond acceptors (Lipinski definition) is 6. The lowest BCUT2D eigenvalue weighted by molar-refractivity contribution is -0.131. The van der Waals surface area contributed by atoms with Crippen LogP contribution < -0.4 is 5.73 Å². The summed E-state index contributed by atoms with van der Waals surface area (Å²) in [7, 11) is -3.12. The van der Waals surface area contributed by atoms with Crippen molar-refractivity contribution in [1.29, 1.82) is 0 Å². The summed E-state index contributed by atoms with van der Waals surface area (Å²) in [6, 6.07) is 9.56. The zero-order chi connectivity index (χ0) is 24.3. The predicted octanol–water partition coefficient (Wildman–Crippen LogP) is 4.01. The number of guanidine groups is 1. The van der Waals surface area contributed by atoms with Crippen LogP contribution in [-0.4, -0.2) is 47.2 Å². The molecule has 0 unspecified atom stereocenters. The SMILES string of the molecule is C[C@@H]1C[C@@H](N2C(=O)C[C@@](C)(c3cccc(-c4ccc(C5CC5)nc4)c3Cl)N=C2N)CCS1(=O)=O. The van der Waals surface area contributed by atoms with Crippen molar-refractivity contribution >= 4 is 33.3 Å². The second kappa shape index (κ2) is 8.34. The molecule has 2 aromatic rings. The van der Waals surface area contributed by atoms with Crippen LogP contribution in [-0.2, 0) is 20.2 Å². The highest BCUT2D eigenvalue weighted by Gasteiger charge is 2.44. The number of carbonyl (C=O) groups excluding carboxylic acids is 1. The summed E-state index contributed by atoms with van der Waals surface area (Å²) in [5.41, 5.74) is 9.01. The molecule has 0 bridgehead atoms. The normalized spacial score (nSPS) is 29.1. The van der Waals surface area contributed by atoms with Crippen LogP contribution in [0.1, 0.15) is 63.1 Å². The minimum absolute atomic E-state index is 0.0502. The van der Waals surface area contributed by atoms with Gasteiger partial charge in [0.15, 0.2) is 15.8 Å². The van der Waals surface area contributed by atoms with Gasteiger partial charge in [-0.25, -0.2) is 13.4 Å². The van der Waals surface area contributed by atoms with Crippen molar-refractivity contribution in [3.05, 3.63) is 52.8 Å². The van der Waals surface area contributed by atoms with Crippen LogP contribution in [0.3, 0.4) is 0 Å². The fourth-order valence-corrected chi connectivity index (χ4v) is 7.10. The molecule has 5 rings (SSSR count).